The predicted octanol–water partition coefficient (Wildman–Crippen LogP) is 3.46. The number of benzene rings is 1. The van der Waals surface area contributed by atoms with Gasteiger partial charge < -0.3 is 10.4 Å². The Balaban J connectivity index is 1.80. The number of aliphatic hydroxyl groups excluding tert-OH is 1. The SMILES string of the molecule is OCCC1(CNCc2ccc(Br)c(Br)c2)CC1. The summed E-state index contributed by atoms with van der Waals surface area (Å²) < 4.78 is 2.17. The van der Waals surface area contributed by atoms with Crippen molar-refractivity contribution in [3.05, 3.63) is 32.7 Å². The lowest BCUT2D eigenvalue weighted by atomic mass is 10.0. The zero-order valence-electron chi connectivity index (χ0n) is 9.68. The van der Waals surface area contributed by atoms with E-state index in [0.717, 1.165) is 28.5 Å². The van der Waals surface area contributed by atoms with Gasteiger partial charge in [-0.1, -0.05) is 6.07 Å². The van der Waals surface area contributed by atoms with Gasteiger partial charge in [-0.15, -0.1) is 0 Å². The fourth-order valence-electron chi connectivity index (χ4n) is 2.05. The predicted molar refractivity (Wildman–Crippen MR) is 76.9 cm³/mol. The molecule has 0 unspecified atom stereocenters. The molecule has 0 radical (unpaired) electrons. The number of hydrogen-bond donors (Lipinski definition) is 2. The van der Waals surface area contributed by atoms with Crippen molar-refractivity contribution < 1.29 is 5.11 Å². The second-order valence-electron chi connectivity index (χ2n) is 4.83. The molecule has 0 bridgehead atoms. The van der Waals surface area contributed by atoms with Gasteiger partial charge in [0, 0.05) is 28.6 Å². The maximum atomic E-state index is 8.99. The molecule has 0 spiro atoms. The lowest BCUT2D eigenvalue weighted by Crippen LogP contribution is -2.24. The molecule has 1 aliphatic rings. The Kier molecular flexibility index (Phi) is 4.64. The summed E-state index contributed by atoms with van der Waals surface area (Å²) in [6, 6.07) is 6.30. The van der Waals surface area contributed by atoms with Gasteiger partial charge in [-0.2, -0.15) is 0 Å². The van der Waals surface area contributed by atoms with E-state index < -0.39 is 0 Å². The standard InChI is InChI=1S/C13H17Br2NO/c14-11-2-1-10(7-12(11)15)8-16-9-13(3-4-13)5-6-17/h1-2,7,16-17H,3-6,8-9H2. The van der Waals surface area contributed by atoms with Crippen molar-refractivity contribution in [1.82, 2.24) is 5.32 Å². The van der Waals surface area contributed by atoms with Crippen molar-refractivity contribution in [2.45, 2.75) is 25.8 Å². The number of rotatable bonds is 6. The largest absolute Gasteiger partial charge is 0.396 e. The Hall–Kier alpha value is 0.1000. The van der Waals surface area contributed by atoms with Crippen molar-refractivity contribution in [2.75, 3.05) is 13.2 Å². The zero-order valence-corrected chi connectivity index (χ0v) is 12.8. The van der Waals surface area contributed by atoms with E-state index in [1.54, 1.807) is 0 Å². The highest BCUT2D eigenvalue weighted by Crippen LogP contribution is 2.47. The first-order valence-electron chi connectivity index (χ1n) is 5.91. The monoisotopic (exact) mass is 361 g/mol. The molecule has 1 aromatic carbocycles. The Morgan fingerprint density at radius 1 is 1.24 bits per heavy atom. The van der Waals surface area contributed by atoms with Crippen LogP contribution < -0.4 is 5.32 Å². The molecule has 0 amide bonds. The molecular formula is C13H17Br2NO. The highest BCUT2D eigenvalue weighted by atomic mass is 79.9. The molecule has 1 saturated carbocycles. The molecule has 0 aromatic heterocycles. The molecule has 4 heteroatoms. The van der Waals surface area contributed by atoms with Crippen LogP contribution in [0.4, 0.5) is 0 Å². The van der Waals surface area contributed by atoms with Gasteiger partial charge in [0.15, 0.2) is 0 Å². The third kappa shape index (κ3) is 3.78. The van der Waals surface area contributed by atoms with Gasteiger partial charge in [-0.05, 0) is 74.2 Å². The van der Waals surface area contributed by atoms with Crippen molar-refractivity contribution in [3.8, 4) is 0 Å². The van der Waals surface area contributed by atoms with E-state index in [0.29, 0.717) is 12.0 Å². The number of aliphatic hydroxyl groups is 1. The minimum atomic E-state index is 0.311. The zero-order chi connectivity index (χ0) is 12.3. The van der Waals surface area contributed by atoms with Crippen molar-refractivity contribution >= 4 is 31.9 Å². The Bertz CT molecular complexity index is 391. The van der Waals surface area contributed by atoms with Gasteiger partial charge in [0.1, 0.15) is 0 Å². The van der Waals surface area contributed by atoms with E-state index in [4.69, 9.17) is 5.11 Å². The summed E-state index contributed by atoms with van der Waals surface area (Å²) in [5.41, 5.74) is 1.67. The first-order chi connectivity index (χ1) is 8.15. The average Bonchev–Trinajstić information content (AvgIpc) is 3.04. The third-order valence-electron chi connectivity index (χ3n) is 3.41. The molecule has 0 aliphatic heterocycles. The maximum Gasteiger partial charge on any atom is 0.0436 e. The molecule has 0 atom stereocenters. The van der Waals surface area contributed by atoms with Crippen molar-refractivity contribution in [2.24, 2.45) is 5.41 Å². The third-order valence-corrected chi connectivity index (χ3v) is 5.29. The highest BCUT2D eigenvalue weighted by molar-refractivity contribution is 9.13. The fraction of sp³-hybridized carbons (Fsp3) is 0.538. The van der Waals surface area contributed by atoms with E-state index in [1.165, 1.54) is 18.4 Å². The number of hydrogen-bond acceptors (Lipinski definition) is 2. The van der Waals surface area contributed by atoms with Crippen LogP contribution in [0.15, 0.2) is 27.1 Å². The molecular weight excluding hydrogens is 346 g/mol. The van der Waals surface area contributed by atoms with Gasteiger partial charge in [-0.3, -0.25) is 0 Å². The molecule has 94 valence electrons. The maximum absolute atomic E-state index is 8.99. The number of nitrogens with one attached hydrogen (secondary N) is 1. The minimum Gasteiger partial charge on any atom is -0.396 e. The smallest absolute Gasteiger partial charge is 0.0436 e. The van der Waals surface area contributed by atoms with Gasteiger partial charge in [0.2, 0.25) is 0 Å². The summed E-state index contributed by atoms with van der Waals surface area (Å²) in [6.07, 6.45) is 3.44. The Labute approximate surface area is 119 Å². The summed E-state index contributed by atoms with van der Waals surface area (Å²) in [5, 5.41) is 12.5. The molecule has 1 aromatic rings. The van der Waals surface area contributed by atoms with E-state index in [9.17, 15) is 0 Å². The quantitative estimate of drug-likeness (QED) is 0.812. The minimum absolute atomic E-state index is 0.311. The highest BCUT2D eigenvalue weighted by Gasteiger charge is 2.41. The van der Waals surface area contributed by atoms with Crippen LogP contribution in [0.1, 0.15) is 24.8 Å². The molecule has 2 N–H and O–H groups in total. The lowest BCUT2D eigenvalue weighted by molar-refractivity contribution is 0.245. The molecule has 17 heavy (non-hydrogen) atoms. The van der Waals surface area contributed by atoms with E-state index in [-0.39, 0.29) is 0 Å². The molecule has 1 fully saturated rings. The summed E-state index contributed by atoms with van der Waals surface area (Å²) in [4.78, 5) is 0. The second kappa shape index (κ2) is 5.83. The van der Waals surface area contributed by atoms with E-state index >= 15 is 0 Å². The first-order valence-corrected chi connectivity index (χ1v) is 7.49. The van der Waals surface area contributed by atoms with Gasteiger partial charge in [0.25, 0.3) is 0 Å². The molecule has 2 rings (SSSR count). The fourth-order valence-corrected chi connectivity index (χ4v) is 2.72. The van der Waals surface area contributed by atoms with Crippen LogP contribution in [0.5, 0.6) is 0 Å². The van der Waals surface area contributed by atoms with Gasteiger partial charge >= 0.3 is 0 Å². The van der Waals surface area contributed by atoms with Crippen LogP contribution in [0.25, 0.3) is 0 Å². The normalized spacial score (nSPS) is 17.1. The number of halogens is 2. The van der Waals surface area contributed by atoms with Crippen LogP contribution in [-0.2, 0) is 6.54 Å². The van der Waals surface area contributed by atoms with Crippen LogP contribution >= 0.6 is 31.9 Å². The first kappa shape index (κ1) is 13.5. The summed E-state index contributed by atoms with van der Waals surface area (Å²) in [7, 11) is 0. The summed E-state index contributed by atoms with van der Waals surface area (Å²) >= 11 is 6.97. The van der Waals surface area contributed by atoms with Crippen LogP contribution in [0, 0.1) is 5.41 Å². The van der Waals surface area contributed by atoms with Crippen molar-refractivity contribution in [1.29, 1.82) is 0 Å². The van der Waals surface area contributed by atoms with E-state index in [2.05, 4.69) is 55.4 Å². The van der Waals surface area contributed by atoms with Crippen LogP contribution in [0.3, 0.4) is 0 Å². The van der Waals surface area contributed by atoms with Crippen LogP contribution in [0.2, 0.25) is 0 Å². The van der Waals surface area contributed by atoms with Gasteiger partial charge in [0.05, 0.1) is 0 Å². The van der Waals surface area contributed by atoms with Gasteiger partial charge in [-0.25, -0.2) is 0 Å². The molecule has 1 aliphatic carbocycles. The summed E-state index contributed by atoms with van der Waals surface area (Å²) in [5.74, 6) is 0. The molecule has 2 nitrogen and oxygen atoms in total. The Morgan fingerprint density at radius 3 is 2.59 bits per heavy atom. The average molecular weight is 363 g/mol. The second-order valence-corrected chi connectivity index (χ2v) is 6.53. The summed E-state index contributed by atoms with van der Waals surface area (Å²) in [6.45, 7) is 2.21. The van der Waals surface area contributed by atoms with Crippen LogP contribution in [-0.4, -0.2) is 18.3 Å². The molecule has 0 heterocycles. The van der Waals surface area contributed by atoms with Crippen molar-refractivity contribution in [3.63, 3.8) is 0 Å². The Morgan fingerprint density at radius 2 is 2.00 bits per heavy atom. The topological polar surface area (TPSA) is 32.3 Å². The lowest BCUT2D eigenvalue weighted by Gasteiger charge is -2.14. The van der Waals surface area contributed by atoms with E-state index in [1.807, 2.05) is 0 Å². The molecule has 0 saturated heterocycles.